The molecule has 68 valence electrons. The fourth-order valence-electron chi connectivity index (χ4n) is 2.11. The van der Waals surface area contributed by atoms with Gasteiger partial charge in [-0.25, -0.2) is 0 Å². The molecule has 0 aromatic heterocycles. The second kappa shape index (κ2) is 4.51. The Kier molecular flexibility index (Phi) is 4.71. The van der Waals surface area contributed by atoms with Gasteiger partial charge in [0.1, 0.15) is 0 Å². The van der Waals surface area contributed by atoms with Crippen LogP contribution in [0.4, 0.5) is 0 Å². The molecule has 2 rings (SSSR count). The number of rotatable bonds is 0. The third-order valence-electron chi connectivity index (χ3n) is 2.50. The van der Waals surface area contributed by atoms with Gasteiger partial charge in [0, 0.05) is 19.1 Å². The van der Waals surface area contributed by atoms with E-state index in [0.29, 0.717) is 6.04 Å². The summed E-state index contributed by atoms with van der Waals surface area (Å²) in [6, 6.07) is 0.478. The maximum Gasteiger partial charge on any atom is 0.0170 e. The summed E-state index contributed by atoms with van der Waals surface area (Å²) in [5.41, 5.74) is 5.81. The molecule has 4 heteroatoms. The zero-order valence-corrected chi connectivity index (χ0v) is 8.16. The molecular formula is C7H16Cl2N2. The van der Waals surface area contributed by atoms with Crippen molar-refractivity contribution < 1.29 is 0 Å². The van der Waals surface area contributed by atoms with Gasteiger partial charge >= 0.3 is 0 Å². The summed E-state index contributed by atoms with van der Waals surface area (Å²) in [5, 5.41) is 0. The third-order valence-corrected chi connectivity index (χ3v) is 2.50. The van der Waals surface area contributed by atoms with Gasteiger partial charge in [-0.05, 0) is 25.3 Å². The van der Waals surface area contributed by atoms with Crippen LogP contribution >= 0.6 is 24.8 Å². The number of halogens is 2. The van der Waals surface area contributed by atoms with E-state index in [1.165, 1.54) is 25.9 Å². The van der Waals surface area contributed by atoms with Gasteiger partial charge in [0.2, 0.25) is 0 Å². The Hall–Kier alpha value is 0.500. The molecule has 2 N–H and O–H groups in total. The summed E-state index contributed by atoms with van der Waals surface area (Å²) in [7, 11) is 0. The number of hydrogen-bond donors (Lipinski definition) is 1. The van der Waals surface area contributed by atoms with Crippen LogP contribution in [0.15, 0.2) is 0 Å². The zero-order valence-electron chi connectivity index (χ0n) is 6.53. The zero-order chi connectivity index (χ0) is 6.27. The van der Waals surface area contributed by atoms with Gasteiger partial charge in [0.25, 0.3) is 0 Å². The van der Waals surface area contributed by atoms with Crippen molar-refractivity contribution in [2.45, 2.75) is 18.9 Å². The molecule has 0 aliphatic carbocycles. The van der Waals surface area contributed by atoms with Gasteiger partial charge in [-0.1, -0.05) is 0 Å². The summed E-state index contributed by atoms with van der Waals surface area (Å²) >= 11 is 0. The van der Waals surface area contributed by atoms with Crippen molar-refractivity contribution in [2.75, 3.05) is 19.6 Å². The highest BCUT2D eigenvalue weighted by atomic mass is 35.5. The normalized spacial score (nSPS) is 40.6. The first-order valence-electron chi connectivity index (χ1n) is 3.82. The maximum absolute atomic E-state index is 5.81. The lowest BCUT2D eigenvalue weighted by atomic mass is 9.98. The quantitative estimate of drug-likeness (QED) is 0.627. The van der Waals surface area contributed by atoms with Crippen LogP contribution in [-0.4, -0.2) is 30.6 Å². The number of hydrogen-bond acceptors (Lipinski definition) is 2. The average Bonchev–Trinajstić information content (AvgIpc) is 2.11. The van der Waals surface area contributed by atoms with Gasteiger partial charge in [-0.3, -0.25) is 0 Å². The minimum absolute atomic E-state index is 0. The first-order chi connectivity index (χ1) is 4.34. The first-order valence-corrected chi connectivity index (χ1v) is 3.82. The molecule has 2 aliphatic heterocycles. The smallest absolute Gasteiger partial charge is 0.0170 e. The minimum Gasteiger partial charge on any atom is -0.327 e. The van der Waals surface area contributed by atoms with Crippen LogP contribution in [0.2, 0.25) is 0 Å². The van der Waals surface area contributed by atoms with Gasteiger partial charge in [0.15, 0.2) is 0 Å². The standard InChI is InChI=1S/C7H14N2.2ClH/c8-7-3-6-1-2-9(4-6)5-7;;/h6-7H,1-5,8H2;2*1H. The molecule has 0 aromatic rings. The number of piperidine rings is 1. The number of nitrogens with two attached hydrogens (primary N) is 1. The van der Waals surface area contributed by atoms with Crippen molar-refractivity contribution in [1.82, 2.24) is 4.90 Å². The highest BCUT2D eigenvalue weighted by Crippen LogP contribution is 2.25. The summed E-state index contributed by atoms with van der Waals surface area (Å²) in [6.45, 7) is 3.78. The molecule has 2 saturated heterocycles. The molecule has 0 spiro atoms. The topological polar surface area (TPSA) is 29.3 Å². The Bertz CT molecular complexity index is 109. The van der Waals surface area contributed by atoms with Crippen LogP contribution in [0.5, 0.6) is 0 Å². The van der Waals surface area contributed by atoms with Crippen molar-refractivity contribution in [3.05, 3.63) is 0 Å². The predicted molar refractivity (Wildman–Crippen MR) is 51.6 cm³/mol. The minimum atomic E-state index is 0. The van der Waals surface area contributed by atoms with E-state index in [9.17, 15) is 0 Å². The van der Waals surface area contributed by atoms with E-state index in [-0.39, 0.29) is 24.8 Å². The monoisotopic (exact) mass is 198 g/mol. The predicted octanol–water partition coefficient (Wildman–Crippen LogP) is 0.883. The second-order valence-electron chi connectivity index (χ2n) is 3.41. The Morgan fingerprint density at radius 2 is 1.91 bits per heavy atom. The largest absolute Gasteiger partial charge is 0.327 e. The third kappa shape index (κ3) is 2.48. The lowest BCUT2D eigenvalue weighted by Gasteiger charge is -2.26. The molecule has 3 atom stereocenters. The van der Waals surface area contributed by atoms with Crippen LogP contribution in [-0.2, 0) is 0 Å². The molecule has 2 nitrogen and oxygen atoms in total. The van der Waals surface area contributed by atoms with Gasteiger partial charge < -0.3 is 10.6 Å². The first kappa shape index (κ1) is 11.5. The molecule has 2 bridgehead atoms. The van der Waals surface area contributed by atoms with Crippen molar-refractivity contribution >= 4 is 24.8 Å². The maximum atomic E-state index is 5.81. The molecule has 2 heterocycles. The molecule has 11 heavy (non-hydrogen) atoms. The van der Waals surface area contributed by atoms with Gasteiger partial charge in [-0.2, -0.15) is 0 Å². The lowest BCUT2D eigenvalue weighted by Crippen LogP contribution is -2.41. The van der Waals surface area contributed by atoms with E-state index in [0.717, 1.165) is 12.5 Å². The fraction of sp³-hybridized carbons (Fsp3) is 1.00. The van der Waals surface area contributed by atoms with E-state index in [1.54, 1.807) is 0 Å². The molecule has 3 unspecified atom stereocenters. The van der Waals surface area contributed by atoms with E-state index in [1.807, 2.05) is 0 Å². The average molecular weight is 199 g/mol. The van der Waals surface area contributed by atoms with Gasteiger partial charge in [-0.15, -0.1) is 24.8 Å². The highest BCUT2D eigenvalue weighted by molar-refractivity contribution is 5.85. The van der Waals surface area contributed by atoms with Gasteiger partial charge in [0.05, 0.1) is 0 Å². The fourth-order valence-corrected chi connectivity index (χ4v) is 2.11. The SMILES string of the molecule is Cl.Cl.NC1CC2CCN(C1)C2. The summed E-state index contributed by atoms with van der Waals surface area (Å²) in [5.74, 6) is 0.939. The summed E-state index contributed by atoms with van der Waals surface area (Å²) in [4.78, 5) is 2.48. The molecule has 2 fully saturated rings. The van der Waals surface area contributed by atoms with Crippen molar-refractivity contribution in [3.63, 3.8) is 0 Å². The molecule has 2 aliphatic rings. The number of fused-ring (bicyclic) bond motifs is 2. The second-order valence-corrected chi connectivity index (χ2v) is 3.41. The van der Waals surface area contributed by atoms with E-state index >= 15 is 0 Å². The van der Waals surface area contributed by atoms with Crippen molar-refractivity contribution in [1.29, 1.82) is 0 Å². The molecule has 0 radical (unpaired) electrons. The molecular weight excluding hydrogens is 183 g/mol. The van der Waals surface area contributed by atoms with Crippen molar-refractivity contribution in [2.24, 2.45) is 11.7 Å². The summed E-state index contributed by atoms with van der Waals surface area (Å²) < 4.78 is 0. The lowest BCUT2D eigenvalue weighted by molar-refractivity contribution is 0.244. The van der Waals surface area contributed by atoms with Crippen LogP contribution in [0.1, 0.15) is 12.8 Å². The summed E-state index contributed by atoms with van der Waals surface area (Å²) in [6.07, 6.45) is 2.67. The van der Waals surface area contributed by atoms with Crippen LogP contribution in [0.25, 0.3) is 0 Å². The Labute approximate surface area is 80.3 Å². The van der Waals surface area contributed by atoms with Crippen LogP contribution in [0.3, 0.4) is 0 Å². The Morgan fingerprint density at radius 3 is 2.55 bits per heavy atom. The highest BCUT2D eigenvalue weighted by Gasteiger charge is 2.29. The van der Waals surface area contributed by atoms with E-state index in [2.05, 4.69) is 4.90 Å². The Balaban J connectivity index is 0.000000500. The van der Waals surface area contributed by atoms with Crippen LogP contribution < -0.4 is 5.73 Å². The Morgan fingerprint density at radius 1 is 1.18 bits per heavy atom. The number of nitrogens with zero attached hydrogens (tertiary/aromatic N) is 1. The molecule has 0 aromatic carbocycles. The van der Waals surface area contributed by atoms with E-state index in [4.69, 9.17) is 5.73 Å². The van der Waals surface area contributed by atoms with Crippen molar-refractivity contribution in [3.8, 4) is 0 Å². The van der Waals surface area contributed by atoms with E-state index < -0.39 is 0 Å². The molecule has 0 saturated carbocycles. The van der Waals surface area contributed by atoms with Crippen LogP contribution in [0, 0.1) is 5.92 Å². The molecule has 0 amide bonds.